The summed E-state index contributed by atoms with van der Waals surface area (Å²) in [6, 6.07) is 1.71. The Morgan fingerprint density at radius 3 is 2.80 bits per heavy atom. The van der Waals surface area contributed by atoms with Gasteiger partial charge in [-0.2, -0.15) is 0 Å². The van der Waals surface area contributed by atoms with Crippen molar-refractivity contribution in [2.75, 3.05) is 6.54 Å². The molecule has 3 rings (SSSR count). The van der Waals surface area contributed by atoms with Crippen molar-refractivity contribution >= 4 is 11.9 Å². The summed E-state index contributed by atoms with van der Waals surface area (Å²) in [5.74, 6) is -0.756. The van der Waals surface area contributed by atoms with Crippen LogP contribution in [0, 0.1) is 0 Å². The molecule has 2 heterocycles. The third kappa shape index (κ3) is 2.38. The van der Waals surface area contributed by atoms with Crippen LogP contribution in [0.1, 0.15) is 34.5 Å². The van der Waals surface area contributed by atoms with Gasteiger partial charge in [-0.1, -0.05) is 0 Å². The number of nitrogens with zero attached hydrogens (tertiary/aromatic N) is 1. The highest BCUT2D eigenvalue weighted by Crippen LogP contribution is 2.21. The van der Waals surface area contributed by atoms with E-state index >= 15 is 0 Å². The SMILES string of the molecule is NC(=O)c1cc2c([nH]c1=O)CCN(C(=O)NC1CC1)C2. The highest BCUT2D eigenvalue weighted by Gasteiger charge is 2.28. The number of hydrogen-bond donors (Lipinski definition) is 3. The molecule has 20 heavy (non-hydrogen) atoms. The number of rotatable bonds is 2. The number of amides is 3. The summed E-state index contributed by atoms with van der Waals surface area (Å²) in [5.41, 5.74) is 6.18. The molecular formula is C13H16N4O3. The average molecular weight is 276 g/mol. The van der Waals surface area contributed by atoms with E-state index in [2.05, 4.69) is 10.3 Å². The molecule has 7 heteroatoms. The molecule has 7 nitrogen and oxygen atoms in total. The molecule has 0 bridgehead atoms. The van der Waals surface area contributed by atoms with Gasteiger partial charge < -0.3 is 20.9 Å². The number of carbonyl (C=O) groups excluding carboxylic acids is 2. The standard InChI is InChI=1S/C13H16N4O3/c14-11(18)9-5-7-6-17(13(20)15-8-1-2-8)4-3-10(7)16-12(9)19/h5,8H,1-4,6H2,(H2,14,18)(H,15,20)(H,16,19). The lowest BCUT2D eigenvalue weighted by atomic mass is 10.0. The van der Waals surface area contributed by atoms with Crippen LogP contribution in [-0.2, 0) is 13.0 Å². The number of carbonyl (C=O) groups is 2. The Labute approximate surface area is 115 Å². The maximum absolute atomic E-state index is 12.0. The van der Waals surface area contributed by atoms with Gasteiger partial charge in [0.2, 0.25) is 0 Å². The quantitative estimate of drug-likeness (QED) is 0.690. The van der Waals surface area contributed by atoms with E-state index in [1.807, 2.05) is 0 Å². The number of hydrogen-bond acceptors (Lipinski definition) is 3. The largest absolute Gasteiger partial charge is 0.365 e. The average Bonchev–Trinajstić information content (AvgIpc) is 3.21. The molecule has 3 amide bonds. The van der Waals surface area contributed by atoms with Gasteiger partial charge in [0.25, 0.3) is 11.5 Å². The Kier molecular flexibility index (Phi) is 2.96. The van der Waals surface area contributed by atoms with E-state index in [0.717, 1.165) is 24.1 Å². The number of aromatic nitrogens is 1. The minimum atomic E-state index is -0.756. The van der Waals surface area contributed by atoms with E-state index in [0.29, 0.717) is 25.6 Å². The number of H-pyrrole nitrogens is 1. The Morgan fingerprint density at radius 2 is 2.15 bits per heavy atom. The molecule has 0 saturated heterocycles. The second-order valence-corrected chi connectivity index (χ2v) is 5.28. The van der Waals surface area contributed by atoms with E-state index < -0.39 is 11.5 Å². The summed E-state index contributed by atoms with van der Waals surface area (Å²) in [5, 5.41) is 2.93. The molecule has 0 radical (unpaired) electrons. The number of primary amides is 1. The summed E-state index contributed by atoms with van der Waals surface area (Å²) in [4.78, 5) is 39.2. The minimum Gasteiger partial charge on any atom is -0.365 e. The summed E-state index contributed by atoms with van der Waals surface area (Å²) < 4.78 is 0. The second-order valence-electron chi connectivity index (χ2n) is 5.28. The smallest absolute Gasteiger partial charge is 0.317 e. The summed E-state index contributed by atoms with van der Waals surface area (Å²) >= 11 is 0. The van der Waals surface area contributed by atoms with Gasteiger partial charge in [-0.15, -0.1) is 0 Å². The lowest BCUT2D eigenvalue weighted by Crippen LogP contribution is -2.44. The van der Waals surface area contributed by atoms with Crippen LogP contribution in [-0.4, -0.2) is 34.4 Å². The Balaban J connectivity index is 1.82. The fourth-order valence-corrected chi connectivity index (χ4v) is 2.36. The molecule has 0 unspecified atom stereocenters. The Hall–Kier alpha value is -2.31. The number of pyridine rings is 1. The van der Waals surface area contributed by atoms with Crippen LogP contribution in [0.3, 0.4) is 0 Å². The summed E-state index contributed by atoms with van der Waals surface area (Å²) in [6.07, 6.45) is 2.65. The van der Waals surface area contributed by atoms with Crippen molar-refractivity contribution in [2.45, 2.75) is 31.8 Å². The molecule has 1 saturated carbocycles. The first-order chi connectivity index (χ1) is 9.54. The predicted octanol–water partition coefficient (Wildman–Crippen LogP) is -0.296. The third-order valence-electron chi connectivity index (χ3n) is 3.67. The molecule has 106 valence electrons. The first-order valence-electron chi connectivity index (χ1n) is 6.65. The van der Waals surface area contributed by atoms with Gasteiger partial charge in [0.1, 0.15) is 5.56 Å². The van der Waals surface area contributed by atoms with Crippen molar-refractivity contribution in [1.82, 2.24) is 15.2 Å². The molecule has 1 aliphatic heterocycles. The second kappa shape index (κ2) is 4.66. The molecule has 0 spiro atoms. The van der Waals surface area contributed by atoms with Gasteiger partial charge in [0, 0.05) is 31.2 Å². The number of aromatic amines is 1. The fraction of sp³-hybridized carbons (Fsp3) is 0.462. The van der Waals surface area contributed by atoms with Crippen LogP contribution >= 0.6 is 0 Å². The van der Waals surface area contributed by atoms with Gasteiger partial charge in [-0.05, 0) is 24.5 Å². The van der Waals surface area contributed by atoms with Gasteiger partial charge in [-0.25, -0.2) is 4.79 Å². The number of urea groups is 1. The van der Waals surface area contributed by atoms with E-state index in [9.17, 15) is 14.4 Å². The number of nitrogens with two attached hydrogens (primary N) is 1. The van der Waals surface area contributed by atoms with Gasteiger partial charge in [0.05, 0.1) is 0 Å². The molecule has 0 atom stereocenters. The van der Waals surface area contributed by atoms with E-state index in [1.54, 1.807) is 4.90 Å². The highest BCUT2D eigenvalue weighted by molar-refractivity contribution is 5.92. The first-order valence-corrected chi connectivity index (χ1v) is 6.65. The third-order valence-corrected chi connectivity index (χ3v) is 3.67. The monoisotopic (exact) mass is 276 g/mol. The molecule has 1 aromatic heterocycles. The lowest BCUT2D eigenvalue weighted by Gasteiger charge is -2.28. The molecule has 1 aromatic rings. The topological polar surface area (TPSA) is 108 Å². The van der Waals surface area contributed by atoms with Crippen molar-refractivity contribution in [3.63, 3.8) is 0 Å². The van der Waals surface area contributed by atoms with Crippen LogP contribution < -0.4 is 16.6 Å². The van der Waals surface area contributed by atoms with Gasteiger partial charge in [0.15, 0.2) is 0 Å². The summed E-state index contributed by atoms with van der Waals surface area (Å²) in [6.45, 7) is 0.933. The van der Waals surface area contributed by atoms with E-state index in [-0.39, 0.29) is 11.6 Å². The van der Waals surface area contributed by atoms with Crippen molar-refractivity contribution < 1.29 is 9.59 Å². The van der Waals surface area contributed by atoms with Gasteiger partial charge >= 0.3 is 6.03 Å². The van der Waals surface area contributed by atoms with Crippen molar-refractivity contribution in [1.29, 1.82) is 0 Å². The molecule has 1 aliphatic carbocycles. The zero-order valence-corrected chi connectivity index (χ0v) is 10.9. The highest BCUT2D eigenvalue weighted by atomic mass is 16.2. The fourth-order valence-electron chi connectivity index (χ4n) is 2.36. The number of nitrogens with one attached hydrogen (secondary N) is 2. The minimum absolute atomic E-state index is 0.0619. The Bertz CT molecular complexity index is 633. The van der Waals surface area contributed by atoms with Gasteiger partial charge in [-0.3, -0.25) is 9.59 Å². The molecule has 0 aromatic carbocycles. The first kappa shape index (κ1) is 12.7. The Morgan fingerprint density at radius 1 is 1.40 bits per heavy atom. The van der Waals surface area contributed by atoms with Crippen molar-refractivity contribution in [3.05, 3.63) is 33.2 Å². The van der Waals surface area contributed by atoms with Crippen LogP contribution in [0.2, 0.25) is 0 Å². The van der Waals surface area contributed by atoms with E-state index in [4.69, 9.17) is 5.73 Å². The zero-order chi connectivity index (χ0) is 14.3. The molecule has 2 aliphatic rings. The van der Waals surface area contributed by atoms with Crippen molar-refractivity contribution in [3.8, 4) is 0 Å². The van der Waals surface area contributed by atoms with Crippen LogP contribution in [0.15, 0.2) is 10.9 Å². The molecular weight excluding hydrogens is 260 g/mol. The van der Waals surface area contributed by atoms with Crippen LogP contribution in [0.4, 0.5) is 4.79 Å². The molecule has 4 N–H and O–H groups in total. The maximum Gasteiger partial charge on any atom is 0.317 e. The zero-order valence-electron chi connectivity index (χ0n) is 10.9. The maximum atomic E-state index is 12.0. The summed E-state index contributed by atoms with van der Waals surface area (Å²) in [7, 11) is 0. The number of fused-ring (bicyclic) bond motifs is 1. The normalized spacial score (nSPS) is 17.5. The van der Waals surface area contributed by atoms with E-state index in [1.165, 1.54) is 6.07 Å². The van der Waals surface area contributed by atoms with Crippen LogP contribution in [0.25, 0.3) is 0 Å². The van der Waals surface area contributed by atoms with Crippen molar-refractivity contribution in [2.24, 2.45) is 5.73 Å². The predicted molar refractivity (Wildman–Crippen MR) is 71.2 cm³/mol. The lowest BCUT2D eigenvalue weighted by molar-refractivity contribution is 0.0998. The van der Waals surface area contributed by atoms with Crippen LogP contribution in [0.5, 0.6) is 0 Å². The molecule has 1 fully saturated rings.